The molecule has 0 aromatic heterocycles. The van der Waals surface area contributed by atoms with Gasteiger partial charge >= 0.3 is 0 Å². The number of aliphatic hydroxyl groups excluding tert-OH is 1. The van der Waals surface area contributed by atoms with E-state index in [9.17, 15) is 13.9 Å². The van der Waals surface area contributed by atoms with E-state index in [1.807, 2.05) is 4.90 Å². The third kappa shape index (κ3) is 2.72. The fraction of sp³-hybridized carbons (Fsp3) is 0.538. The molecule has 2 rings (SSSR count). The highest BCUT2D eigenvalue weighted by atomic mass is 19.3. The number of halogens is 2. The molecule has 1 aliphatic carbocycles. The molecule has 5 heteroatoms. The first-order valence-corrected chi connectivity index (χ1v) is 6.04. The zero-order valence-corrected chi connectivity index (χ0v) is 10.3. The number of hydrogen-bond donors (Lipinski definition) is 2. The van der Waals surface area contributed by atoms with Gasteiger partial charge in [-0.05, 0) is 37.0 Å². The van der Waals surface area contributed by atoms with Crippen molar-refractivity contribution in [2.24, 2.45) is 5.92 Å². The Morgan fingerprint density at radius 3 is 2.67 bits per heavy atom. The van der Waals surface area contributed by atoms with Crippen LogP contribution in [0.15, 0.2) is 18.2 Å². The molecule has 0 aliphatic heterocycles. The molecular formula is C13H18F2N2O. The number of benzene rings is 1. The predicted octanol–water partition coefficient (Wildman–Crippen LogP) is 2.41. The van der Waals surface area contributed by atoms with Gasteiger partial charge in [0.05, 0.1) is 6.10 Å². The Balaban J connectivity index is 2.11. The van der Waals surface area contributed by atoms with Gasteiger partial charge in [0.2, 0.25) is 0 Å². The van der Waals surface area contributed by atoms with Crippen molar-refractivity contribution in [3.8, 4) is 0 Å². The Labute approximate surface area is 105 Å². The van der Waals surface area contributed by atoms with E-state index in [4.69, 9.17) is 5.73 Å². The number of nitrogens with two attached hydrogens (primary N) is 1. The molecule has 0 saturated heterocycles. The van der Waals surface area contributed by atoms with Gasteiger partial charge in [0.15, 0.2) is 0 Å². The lowest BCUT2D eigenvalue weighted by atomic mass is 9.82. The third-order valence-electron chi connectivity index (χ3n) is 3.44. The van der Waals surface area contributed by atoms with Gasteiger partial charge in [0, 0.05) is 30.5 Å². The summed E-state index contributed by atoms with van der Waals surface area (Å²) in [4.78, 5) is 1.82. The molecule has 3 nitrogen and oxygen atoms in total. The average molecular weight is 256 g/mol. The van der Waals surface area contributed by atoms with Crippen LogP contribution >= 0.6 is 0 Å². The predicted molar refractivity (Wildman–Crippen MR) is 67.8 cm³/mol. The summed E-state index contributed by atoms with van der Waals surface area (Å²) in [6.07, 6.45) is -1.24. The molecule has 0 heterocycles. The summed E-state index contributed by atoms with van der Waals surface area (Å²) in [6.45, 7) is 0.681. The van der Waals surface area contributed by atoms with E-state index in [2.05, 4.69) is 0 Å². The SMILES string of the molecule is CN(CC1CC(O)C1)c1ccc(N)cc1C(F)F. The molecule has 0 radical (unpaired) electrons. The lowest BCUT2D eigenvalue weighted by Crippen LogP contribution is -2.37. The first kappa shape index (κ1) is 13.1. The standard InChI is InChI=1S/C13H18F2N2O/c1-17(7-8-4-10(18)5-8)12-3-2-9(16)6-11(12)13(14)15/h2-3,6,8,10,13,18H,4-5,7,16H2,1H3. The summed E-state index contributed by atoms with van der Waals surface area (Å²) in [7, 11) is 1.79. The Hall–Kier alpha value is -1.36. The highest BCUT2D eigenvalue weighted by Gasteiger charge is 2.28. The normalized spacial score (nSPS) is 22.9. The maximum atomic E-state index is 12.9. The van der Waals surface area contributed by atoms with Gasteiger partial charge in [-0.2, -0.15) is 0 Å². The summed E-state index contributed by atoms with van der Waals surface area (Å²) in [6, 6.07) is 4.59. The van der Waals surface area contributed by atoms with Crippen molar-refractivity contribution in [2.75, 3.05) is 24.2 Å². The second-order valence-corrected chi connectivity index (χ2v) is 4.99. The van der Waals surface area contributed by atoms with Crippen molar-refractivity contribution in [1.29, 1.82) is 0 Å². The van der Waals surface area contributed by atoms with Crippen LogP contribution in [0.2, 0.25) is 0 Å². The topological polar surface area (TPSA) is 49.5 Å². The van der Waals surface area contributed by atoms with E-state index in [1.54, 1.807) is 19.2 Å². The molecule has 1 aromatic carbocycles. The Bertz CT molecular complexity index is 419. The molecule has 1 fully saturated rings. The van der Waals surface area contributed by atoms with E-state index >= 15 is 0 Å². The first-order valence-electron chi connectivity index (χ1n) is 6.04. The van der Waals surface area contributed by atoms with Gasteiger partial charge in [-0.1, -0.05) is 0 Å². The Kier molecular flexibility index (Phi) is 3.71. The lowest BCUT2D eigenvalue weighted by Gasteiger charge is -2.35. The van der Waals surface area contributed by atoms with Crippen LogP contribution < -0.4 is 10.6 Å². The number of nitrogens with zero attached hydrogens (tertiary/aromatic N) is 1. The quantitative estimate of drug-likeness (QED) is 0.813. The smallest absolute Gasteiger partial charge is 0.265 e. The largest absolute Gasteiger partial charge is 0.399 e. The molecular weight excluding hydrogens is 238 g/mol. The zero-order valence-electron chi connectivity index (χ0n) is 10.3. The minimum atomic E-state index is -2.53. The van der Waals surface area contributed by atoms with Crippen LogP contribution in [0.1, 0.15) is 24.8 Å². The van der Waals surface area contributed by atoms with Crippen LogP contribution in [0.5, 0.6) is 0 Å². The summed E-state index contributed by atoms with van der Waals surface area (Å²) in [5.74, 6) is 0.382. The van der Waals surface area contributed by atoms with Gasteiger partial charge in [-0.3, -0.25) is 0 Å². The average Bonchev–Trinajstić information content (AvgIpc) is 2.26. The van der Waals surface area contributed by atoms with Crippen molar-refractivity contribution < 1.29 is 13.9 Å². The van der Waals surface area contributed by atoms with Gasteiger partial charge in [0.1, 0.15) is 0 Å². The van der Waals surface area contributed by atoms with Crippen molar-refractivity contribution in [3.05, 3.63) is 23.8 Å². The molecule has 0 bridgehead atoms. The van der Waals surface area contributed by atoms with E-state index < -0.39 is 6.43 Å². The number of hydrogen-bond acceptors (Lipinski definition) is 3. The molecule has 18 heavy (non-hydrogen) atoms. The lowest BCUT2D eigenvalue weighted by molar-refractivity contribution is 0.0464. The van der Waals surface area contributed by atoms with Crippen LogP contribution in [0, 0.1) is 5.92 Å². The highest BCUT2D eigenvalue weighted by molar-refractivity contribution is 5.59. The van der Waals surface area contributed by atoms with Crippen molar-refractivity contribution in [2.45, 2.75) is 25.4 Å². The van der Waals surface area contributed by atoms with Gasteiger partial charge in [-0.25, -0.2) is 8.78 Å². The minimum Gasteiger partial charge on any atom is -0.399 e. The molecule has 0 amide bonds. The van der Waals surface area contributed by atoms with Gasteiger partial charge in [0.25, 0.3) is 6.43 Å². The van der Waals surface area contributed by atoms with Crippen LogP contribution in [0.25, 0.3) is 0 Å². The number of nitrogen functional groups attached to an aromatic ring is 1. The van der Waals surface area contributed by atoms with Crippen LogP contribution in [0.3, 0.4) is 0 Å². The minimum absolute atomic E-state index is 0.0302. The third-order valence-corrected chi connectivity index (χ3v) is 3.44. The summed E-state index contributed by atoms with van der Waals surface area (Å²) < 4.78 is 25.9. The maximum absolute atomic E-state index is 12.9. The van der Waals surface area contributed by atoms with Crippen molar-refractivity contribution in [1.82, 2.24) is 0 Å². The monoisotopic (exact) mass is 256 g/mol. The highest BCUT2D eigenvalue weighted by Crippen LogP contribution is 2.34. The number of aliphatic hydroxyl groups is 1. The second-order valence-electron chi connectivity index (χ2n) is 4.99. The van der Waals surface area contributed by atoms with Crippen molar-refractivity contribution in [3.63, 3.8) is 0 Å². The molecule has 1 aliphatic rings. The summed E-state index contributed by atoms with van der Waals surface area (Å²) in [5, 5.41) is 9.23. The first-order chi connectivity index (χ1) is 8.47. The Morgan fingerprint density at radius 1 is 1.44 bits per heavy atom. The van der Waals surface area contributed by atoms with E-state index in [0.29, 0.717) is 23.8 Å². The molecule has 0 unspecified atom stereocenters. The number of rotatable bonds is 4. The Morgan fingerprint density at radius 2 is 2.11 bits per heavy atom. The molecule has 0 spiro atoms. The van der Waals surface area contributed by atoms with Crippen LogP contribution in [-0.2, 0) is 0 Å². The fourth-order valence-electron chi connectivity index (χ4n) is 2.43. The summed E-state index contributed by atoms with van der Waals surface area (Å²) in [5.41, 5.74) is 6.37. The van der Waals surface area contributed by atoms with E-state index in [1.165, 1.54) is 6.07 Å². The number of alkyl halides is 2. The van der Waals surface area contributed by atoms with Crippen LogP contribution in [0.4, 0.5) is 20.2 Å². The number of anilines is 2. The fourth-order valence-corrected chi connectivity index (χ4v) is 2.43. The zero-order chi connectivity index (χ0) is 13.3. The molecule has 3 N–H and O–H groups in total. The van der Waals surface area contributed by atoms with Crippen LogP contribution in [-0.4, -0.2) is 24.8 Å². The maximum Gasteiger partial charge on any atom is 0.265 e. The van der Waals surface area contributed by atoms with E-state index in [0.717, 1.165) is 12.8 Å². The second kappa shape index (κ2) is 5.10. The molecule has 1 saturated carbocycles. The molecule has 100 valence electrons. The van der Waals surface area contributed by atoms with E-state index in [-0.39, 0.29) is 11.7 Å². The van der Waals surface area contributed by atoms with Crippen molar-refractivity contribution >= 4 is 11.4 Å². The van der Waals surface area contributed by atoms with Gasteiger partial charge < -0.3 is 15.7 Å². The van der Waals surface area contributed by atoms with Gasteiger partial charge in [-0.15, -0.1) is 0 Å². The molecule has 1 aromatic rings. The summed E-state index contributed by atoms with van der Waals surface area (Å²) >= 11 is 0. The molecule has 0 atom stereocenters.